The highest BCUT2D eigenvalue weighted by Gasteiger charge is 2.36. The standard InChI is InChI=1S/C27H29NO4/c1-27(2,3)32-26(29)28-24-17-20-11-7-8-12-23(20)25(24)31-22-15-13-21(14-16-22)30-18-19-9-5-4-6-10-19/h4-16,24-25H,17-18H2,1-3H3,(H,28,29)/t24-,25+/m1/s1. The van der Waals surface area contributed by atoms with Gasteiger partial charge in [-0.3, -0.25) is 0 Å². The van der Waals surface area contributed by atoms with Gasteiger partial charge in [0.2, 0.25) is 0 Å². The third kappa shape index (κ3) is 5.61. The number of carbonyl (C=O) groups excluding carboxylic acids is 1. The summed E-state index contributed by atoms with van der Waals surface area (Å²) >= 11 is 0. The fourth-order valence-electron chi connectivity index (χ4n) is 3.79. The molecule has 1 N–H and O–H groups in total. The highest BCUT2D eigenvalue weighted by atomic mass is 16.6. The maximum absolute atomic E-state index is 12.4. The van der Waals surface area contributed by atoms with E-state index in [4.69, 9.17) is 14.2 Å². The number of rotatable bonds is 6. The second-order valence-electron chi connectivity index (χ2n) is 8.94. The average molecular weight is 432 g/mol. The monoisotopic (exact) mass is 431 g/mol. The highest BCUT2D eigenvalue weighted by molar-refractivity contribution is 5.68. The van der Waals surface area contributed by atoms with E-state index >= 15 is 0 Å². The molecule has 0 saturated heterocycles. The molecule has 166 valence electrons. The first-order valence-electron chi connectivity index (χ1n) is 10.9. The molecule has 0 saturated carbocycles. The SMILES string of the molecule is CC(C)(C)OC(=O)N[C@@H]1Cc2ccccc2[C@@H]1Oc1ccc(OCc2ccccc2)cc1. The summed E-state index contributed by atoms with van der Waals surface area (Å²) in [6, 6.07) is 25.5. The first kappa shape index (κ1) is 21.8. The molecule has 5 heteroatoms. The molecule has 5 nitrogen and oxygen atoms in total. The molecule has 1 aliphatic carbocycles. The van der Waals surface area contributed by atoms with Crippen LogP contribution in [0.3, 0.4) is 0 Å². The van der Waals surface area contributed by atoms with E-state index < -0.39 is 11.7 Å². The number of hydrogen-bond acceptors (Lipinski definition) is 4. The number of hydrogen-bond donors (Lipinski definition) is 1. The predicted octanol–water partition coefficient (Wildman–Crippen LogP) is 5.84. The lowest BCUT2D eigenvalue weighted by molar-refractivity contribution is 0.0456. The van der Waals surface area contributed by atoms with E-state index in [-0.39, 0.29) is 12.1 Å². The van der Waals surface area contributed by atoms with Crippen LogP contribution in [0.15, 0.2) is 78.9 Å². The molecular weight excluding hydrogens is 402 g/mol. The Kier molecular flexibility index (Phi) is 6.35. The van der Waals surface area contributed by atoms with Gasteiger partial charge in [0.05, 0.1) is 6.04 Å². The van der Waals surface area contributed by atoms with Crippen LogP contribution in [-0.2, 0) is 17.8 Å². The number of fused-ring (bicyclic) bond motifs is 1. The lowest BCUT2D eigenvalue weighted by atomic mass is 10.1. The van der Waals surface area contributed by atoms with Crippen LogP contribution < -0.4 is 14.8 Å². The van der Waals surface area contributed by atoms with E-state index in [2.05, 4.69) is 11.4 Å². The first-order chi connectivity index (χ1) is 15.4. The Morgan fingerprint density at radius 1 is 0.906 bits per heavy atom. The third-order valence-corrected chi connectivity index (χ3v) is 5.20. The maximum Gasteiger partial charge on any atom is 0.408 e. The van der Waals surface area contributed by atoms with Crippen molar-refractivity contribution in [1.29, 1.82) is 0 Å². The molecule has 1 aliphatic rings. The Hall–Kier alpha value is -3.47. The van der Waals surface area contributed by atoms with Gasteiger partial charge in [0, 0.05) is 0 Å². The van der Waals surface area contributed by atoms with Gasteiger partial charge in [-0.1, -0.05) is 54.6 Å². The topological polar surface area (TPSA) is 56.8 Å². The largest absolute Gasteiger partial charge is 0.489 e. The lowest BCUT2D eigenvalue weighted by Crippen LogP contribution is -2.42. The van der Waals surface area contributed by atoms with E-state index in [1.165, 1.54) is 5.56 Å². The van der Waals surface area contributed by atoms with Crippen molar-refractivity contribution in [1.82, 2.24) is 5.32 Å². The van der Waals surface area contributed by atoms with Crippen LogP contribution in [-0.4, -0.2) is 17.7 Å². The smallest absolute Gasteiger partial charge is 0.408 e. The number of amides is 1. The summed E-state index contributed by atoms with van der Waals surface area (Å²) in [7, 11) is 0. The van der Waals surface area contributed by atoms with Gasteiger partial charge in [-0.15, -0.1) is 0 Å². The van der Waals surface area contributed by atoms with E-state index in [0.29, 0.717) is 13.0 Å². The average Bonchev–Trinajstić information content (AvgIpc) is 3.09. The molecule has 32 heavy (non-hydrogen) atoms. The van der Waals surface area contributed by atoms with E-state index in [1.54, 1.807) is 0 Å². The van der Waals surface area contributed by atoms with Crippen molar-refractivity contribution in [3.63, 3.8) is 0 Å². The van der Waals surface area contributed by atoms with Gasteiger partial charge >= 0.3 is 6.09 Å². The second kappa shape index (κ2) is 9.35. The van der Waals surface area contributed by atoms with Crippen molar-refractivity contribution >= 4 is 6.09 Å². The summed E-state index contributed by atoms with van der Waals surface area (Å²) < 4.78 is 17.7. The summed E-state index contributed by atoms with van der Waals surface area (Å²) in [5, 5.41) is 2.99. The van der Waals surface area contributed by atoms with Gasteiger partial charge < -0.3 is 19.5 Å². The van der Waals surface area contributed by atoms with Crippen LogP contribution >= 0.6 is 0 Å². The zero-order chi connectivity index (χ0) is 22.6. The normalized spacial score (nSPS) is 17.3. The number of carbonyl (C=O) groups is 1. The fraction of sp³-hybridized carbons (Fsp3) is 0.296. The van der Waals surface area contributed by atoms with Crippen LogP contribution in [0.2, 0.25) is 0 Å². The molecule has 0 aromatic heterocycles. The van der Waals surface area contributed by atoms with Crippen molar-refractivity contribution in [3.8, 4) is 11.5 Å². The predicted molar refractivity (Wildman–Crippen MR) is 124 cm³/mol. The summed E-state index contributed by atoms with van der Waals surface area (Å²) in [5.41, 5.74) is 2.81. The quantitative estimate of drug-likeness (QED) is 0.533. The highest BCUT2D eigenvalue weighted by Crippen LogP contribution is 2.36. The van der Waals surface area contributed by atoms with Crippen LogP contribution in [0.5, 0.6) is 11.5 Å². The van der Waals surface area contributed by atoms with Crippen LogP contribution in [0, 0.1) is 0 Å². The van der Waals surface area contributed by atoms with E-state index in [1.807, 2.05) is 93.6 Å². The van der Waals surface area contributed by atoms with E-state index in [9.17, 15) is 4.79 Å². The summed E-state index contributed by atoms with van der Waals surface area (Å²) in [5.74, 6) is 1.49. The number of nitrogens with one attached hydrogen (secondary N) is 1. The summed E-state index contributed by atoms with van der Waals surface area (Å²) in [6.45, 7) is 6.07. The molecule has 3 aromatic carbocycles. The minimum Gasteiger partial charge on any atom is -0.489 e. The second-order valence-corrected chi connectivity index (χ2v) is 8.94. The van der Waals surface area contributed by atoms with Crippen LogP contribution in [0.4, 0.5) is 4.79 Å². The number of alkyl carbamates (subject to hydrolysis) is 1. The minimum atomic E-state index is -0.554. The molecule has 0 unspecified atom stereocenters. The van der Waals surface area contributed by atoms with Gasteiger partial charge in [0.25, 0.3) is 0 Å². The number of benzene rings is 3. The molecule has 0 bridgehead atoms. The minimum absolute atomic E-state index is 0.212. The summed E-state index contributed by atoms with van der Waals surface area (Å²) in [6.07, 6.45) is -0.0402. The zero-order valence-electron chi connectivity index (χ0n) is 18.7. The molecule has 2 atom stereocenters. The fourth-order valence-corrected chi connectivity index (χ4v) is 3.79. The third-order valence-electron chi connectivity index (χ3n) is 5.20. The molecule has 1 amide bonds. The van der Waals surface area contributed by atoms with Crippen molar-refractivity contribution in [3.05, 3.63) is 95.6 Å². The van der Waals surface area contributed by atoms with Crippen LogP contribution in [0.25, 0.3) is 0 Å². The summed E-state index contributed by atoms with van der Waals surface area (Å²) in [4.78, 5) is 12.4. The lowest BCUT2D eigenvalue weighted by Gasteiger charge is -2.25. The molecule has 3 aromatic rings. The molecule has 0 spiro atoms. The molecule has 0 heterocycles. The maximum atomic E-state index is 12.4. The molecule has 0 aliphatic heterocycles. The van der Waals surface area contributed by atoms with Crippen LogP contribution in [0.1, 0.15) is 43.6 Å². The van der Waals surface area contributed by atoms with Gasteiger partial charge in [-0.2, -0.15) is 0 Å². The molecule has 0 fully saturated rings. The van der Waals surface area contributed by atoms with Crippen molar-refractivity contribution in [2.24, 2.45) is 0 Å². The molecular formula is C27H29NO4. The van der Waals surface area contributed by atoms with Crippen molar-refractivity contribution < 1.29 is 19.0 Å². The Bertz CT molecular complexity index is 1040. The van der Waals surface area contributed by atoms with E-state index in [0.717, 1.165) is 22.6 Å². The van der Waals surface area contributed by atoms with Crippen molar-refractivity contribution in [2.45, 2.75) is 51.5 Å². The van der Waals surface area contributed by atoms with Gasteiger partial charge in [-0.25, -0.2) is 4.79 Å². The zero-order valence-corrected chi connectivity index (χ0v) is 18.7. The molecule has 0 radical (unpaired) electrons. The van der Waals surface area contributed by atoms with Crippen molar-refractivity contribution in [2.75, 3.05) is 0 Å². The Morgan fingerprint density at radius 3 is 2.28 bits per heavy atom. The number of ether oxygens (including phenoxy) is 3. The Labute approximate surface area is 189 Å². The first-order valence-corrected chi connectivity index (χ1v) is 10.9. The van der Waals surface area contributed by atoms with Gasteiger partial charge in [-0.05, 0) is 68.1 Å². The molecule has 4 rings (SSSR count). The Morgan fingerprint density at radius 2 is 1.56 bits per heavy atom. The Balaban J connectivity index is 1.43. The van der Waals surface area contributed by atoms with Gasteiger partial charge in [0.15, 0.2) is 0 Å². The van der Waals surface area contributed by atoms with Gasteiger partial charge in [0.1, 0.15) is 29.8 Å².